The first-order valence-corrected chi connectivity index (χ1v) is 4.02. The van der Waals surface area contributed by atoms with Crippen molar-refractivity contribution in [2.45, 2.75) is 12.8 Å². The predicted octanol–water partition coefficient (Wildman–Crippen LogP) is 0.761. The van der Waals surface area contributed by atoms with Crippen LogP contribution in [-0.2, 0) is 14.3 Å². The van der Waals surface area contributed by atoms with Crippen LogP contribution in [0.5, 0.6) is 0 Å². The van der Waals surface area contributed by atoms with E-state index in [9.17, 15) is 18.4 Å². The Morgan fingerprint density at radius 2 is 2.00 bits per heavy atom. The Bertz CT molecular complexity index is 277. The van der Waals surface area contributed by atoms with Gasteiger partial charge in [0.05, 0.1) is 18.9 Å². The molecule has 1 fully saturated rings. The second kappa shape index (κ2) is 3.18. The first-order valence-electron chi connectivity index (χ1n) is 4.02. The molecule has 0 spiro atoms. The van der Waals surface area contributed by atoms with Crippen LogP contribution < -0.4 is 0 Å². The SMILES string of the molecule is COC(=O)[C@@H](C)C1C(C(=O)O)C1(F)F. The van der Waals surface area contributed by atoms with Crippen LogP contribution in [0.25, 0.3) is 0 Å². The van der Waals surface area contributed by atoms with Gasteiger partial charge in [-0.2, -0.15) is 0 Å². The molecule has 0 aromatic rings. The summed E-state index contributed by atoms with van der Waals surface area (Å²) in [6.45, 7) is 1.24. The van der Waals surface area contributed by atoms with E-state index in [1.54, 1.807) is 0 Å². The molecule has 1 N–H and O–H groups in total. The molecule has 0 aromatic heterocycles. The molecule has 6 heteroatoms. The van der Waals surface area contributed by atoms with Gasteiger partial charge in [-0.25, -0.2) is 8.78 Å². The van der Waals surface area contributed by atoms with Crippen molar-refractivity contribution >= 4 is 11.9 Å². The largest absolute Gasteiger partial charge is 0.481 e. The quantitative estimate of drug-likeness (QED) is 0.695. The third-order valence-corrected chi connectivity index (χ3v) is 2.49. The van der Waals surface area contributed by atoms with Gasteiger partial charge >= 0.3 is 11.9 Å². The average molecular weight is 208 g/mol. The zero-order valence-electron chi connectivity index (χ0n) is 7.66. The Labute approximate surface area is 78.8 Å². The number of ether oxygens (including phenoxy) is 1. The number of carbonyl (C=O) groups excluding carboxylic acids is 1. The van der Waals surface area contributed by atoms with Gasteiger partial charge < -0.3 is 9.84 Å². The fourth-order valence-corrected chi connectivity index (χ4v) is 1.62. The standard InChI is InChI=1S/C8H10F2O4/c1-3(7(13)14-2)4-5(6(11)12)8(4,9)10/h3-5H,1-2H3,(H,11,12)/t3-,4?,5?/m0/s1. The highest BCUT2D eigenvalue weighted by Gasteiger charge is 2.75. The van der Waals surface area contributed by atoms with Gasteiger partial charge in [0.15, 0.2) is 0 Å². The summed E-state index contributed by atoms with van der Waals surface area (Å²) in [6.07, 6.45) is 0. The Hall–Kier alpha value is -1.20. The van der Waals surface area contributed by atoms with E-state index < -0.39 is 35.6 Å². The number of carboxylic acids is 1. The van der Waals surface area contributed by atoms with Gasteiger partial charge in [0.25, 0.3) is 5.92 Å². The minimum atomic E-state index is -3.29. The summed E-state index contributed by atoms with van der Waals surface area (Å²) < 4.78 is 30.0. The first-order chi connectivity index (χ1) is 6.34. The van der Waals surface area contributed by atoms with E-state index >= 15 is 0 Å². The average Bonchev–Trinajstić information content (AvgIpc) is 2.66. The van der Waals surface area contributed by atoms with E-state index in [0.29, 0.717) is 0 Å². The lowest BCUT2D eigenvalue weighted by molar-refractivity contribution is -0.146. The summed E-state index contributed by atoms with van der Waals surface area (Å²) in [5.74, 6) is -9.95. The summed E-state index contributed by atoms with van der Waals surface area (Å²) in [5, 5.41) is 8.43. The van der Waals surface area contributed by atoms with E-state index in [1.165, 1.54) is 6.92 Å². The third-order valence-electron chi connectivity index (χ3n) is 2.49. The van der Waals surface area contributed by atoms with Crippen LogP contribution in [-0.4, -0.2) is 30.1 Å². The molecule has 1 rings (SSSR count). The summed E-state index contributed by atoms with van der Waals surface area (Å²) in [4.78, 5) is 21.3. The zero-order chi connectivity index (χ0) is 11.1. The molecule has 80 valence electrons. The minimum Gasteiger partial charge on any atom is -0.481 e. The van der Waals surface area contributed by atoms with E-state index in [2.05, 4.69) is 4.74 Å². The molecule has 2 unspecified atom stereocenters. The number of hydrogen-bond donors (Lipinski definition) is 1. The number of rotatable bonds is 3. The molecular weight excluding hydrogens is 198 g/mol. The Balaban J connectivity index is 2.73. The summed E-state index contributed by atoms with van der Waals surface area (Å²) in [5.41, 5.74) is 0. The normalized spacial score (nSPS) is 30.6. The molecule has 14 heavy (non-hydrogen) atoms. The predicted molar refractivity (Wildman–Crippen MR) is 40.7 cm³/mol. The highest BCUT2D eigenvalue weighted by Crippen LogP contribution is 2.59. The summed E-state index contributed by atoms with van der Waals surface area (Å²) >= 11 is 0. The molecule has 0 bridgehead atoms. The molecule has 1 saturated carbocycles. The van der Waals surface area contributed by atoms with Gasteiger partial charge in [-0.1, -0.05) is 6.92 Å². The van der Waals surface area contributed by atoms with Crippen molar-refractivity contribution in [3.8, 4) is 0 Å². The number of esters is 1. The molecule has 0 amide bonds. The van der Waals surface area contributed by atoms with Crippen LogP contribution >= 0.6 is 0 Å². The number of methoxy groups -OCH3 is 1. The van der Waals surface area contributed by atoms with Gasteiger partial charge in [-0.3, -0.25) is 9.59 Å². The lowest BCUT2D eigenvalue weighted by atomic mass is 10.1. The third kappa shape index (κ3) is 1.44. The molecule has 1 aliphatic rings. The summed E-state index contributed by atoms with van der Waals surface area (Å²) in [7, 11) is 1.08. The number of alkyl halides is 2. The van der Waals surface area contributed by atoms with Crippen LogP contribution in [0.15, 0.2) is 0 Å². The molecule has 0 saturated heterocycles. The van der Waals surface area contributed by atoms with Crippen LogP contribution in [0, 0.1) is 17.8 Å². The second-order valence-electron chi connectivity index (χ2n) is 3.33. The van der Waals surface area contributed by atoms with Crippen molar-refractivity contribution < 1.29 is 28.2 Å². The highest BCUT2D eigenvalue weighted by molar-refractivity contribution is 5.80. The smallest absolute Gasteiger partial charge is 0.313 e. The molecule has 0 aliphatic heterocycles. The molecule has 3 atom stereocenters. The summed E-state index contributed by atoms with van der Waals surface area (Å²) in [6, 6.07) is 0. The topological polar surface area (TPSA) is 63.6 Å². The van der Waals surface area contributed by atoms with Crippen LogP contribution in [0.2, 0.25) is 0 Å². The van der Waals surface area contributed by atoms with Crippen LogP contribution in [0.3, 0.4) is 0 Å². The molecule has 0 aromatic carbocycles. The number of carboxylic acid groups (broad SMARTS) is 1. The van der Waals surface area contributed by atoms with Crippen molar-refractivity contribution in [2.75, 3.05) is 7.11 Å². The number of halogens is 2. The fraction of sp³-hybridized carbons (Fsp3) is 0.750. The highest BCUT2D eigenvalue weighted by atomic mass is 19.3. The molecule has 0 radical (unpaired) electrons. The van der Waals surface area contributed by atoms with Crippen LogP contribution in [0.4, 0.5) is 8.78 Å². The number of hydrogen-bond acceptors (Lipinski definition) is 3. The lowest BCUT2D eigenvalue weighted by Crippen LogP contribution is -2.18. The zero-order valence-corrected chi connectivity index (χ0v) is 7.66. The second-order valence-corrected chi connectivity index (χ2v) is 3.33. The van der Waals surface area contributed by atoms with E-state index in [1.807, 2.05) is 0 Å². The van der Waals surface area contributed by atoms with E-state index in [4.69, 9.17) is 5.11 Å². The van der Waals surface area contributed by atoms with Gasteiger partial charge in [-0.15, -0.1) is 0 Å². The van der Waals surface area contributed by atoms with Crippen molar-refractivity contribution in [1.82, 2.24) is 0 Å². The van der Waals surface area contributed by atoms with Crippen molar-refractivity contribution in [2.24, 2.45) is 17.8 Å². The fourth-order valence-electron chi connectivity index (χ4n) is 1.62. The van der Waals surface area contributed by atoms with Crippen molar-refractivity contribution in [1.29, 1.82) is 0 Å². The van der Waals surface area contributed by atoms with Gasteiger partial charge in [0, 0.05) is 0 Å². The molecular formula is C8H10F2O4. The van der Waals surface area contributed by atoms with Crippen molar-refractivity contribution in [3.63, 3.8) is 0 Å². The van der Waals surface area contributed by atoms with Gasteiger partial charge in [0.2, 0.25) is 0 Å². The maximum atomic E-state index is 12.9. The molecule has 1 aliphatic carbocycles. The van der Waals surface area contributed by atoms with Crippen molar-refractivity contribution in [3.05, 3.63) is 0 Å². The molecule has 4 nitrogen and oxygen atoms in total. The van der Waals surface area contributed by atoms with E-state index in [-0.39, 0.29) is 0 Å². The minimum absolute atomic E-state index is 0.807. The number of carbonyl (C=O) groups is 2. The maximum absolute atomic E-state index is 12.9. The lowest BCUT2D eigenvalue weighted by Gasteiger charge is -2.06. The van der Waals surface area contributed by atoms with Gasteiger partial charge in [0.1, 0.15) is 5.92 Å². The number of aliphatic carboxylic acids is 1. The Morgan fingerprint density at radius 1 is 1.50 bits per heavy atom. The first kappa shape index (κ1) is 10.9. The Morgan fingerprint density at radius 3 is 2.29 bits per heavy atom. The Kier molecular flexibility index (Phi) is 2.47. The maximum Gasteiger partial charge on any atom is 0.313 e. The van der Waals surface area contributed by atoms with Crippen LogP contribution in [0.1, 0.15) is 6.92 Å². The molecule has 0 heterocycles. The monoisotopic (exact) mass is 208 g/mol. The van der Waals surface area contributed by atoms with Gasteiger partial charge in [-0.05, 0) is 0 Å². The van der Waals surface area contributed by atoms with E-state index in [0.717, 1.165) is 7.11 Å².